The number of primary amides is 1. The number of carbonyl (C=O) groups is 2. The third-order valence-corrected chi connectivity index (χ3v) is 3.67. The predicted molar refractivity (Wildman–Crippen MR) is 81.4 cm³/mol. The number of para-hydroxylation sites is 1. The summed E-state index contributed by atoms with van der Waals surface area (Å²) < 4.78 is 0. The Morgan fingerprint density at radius 3 is 2.62 bits per heavy atom. The van der Waals surface area contributed by atoms with Gasteiger partial charge in [-0.05, 0) is 24.3 Å². The molecule has 1 aromatic heterocycles. The molecule has 0 radical (unpaired) electrons. The van der Waals surface area contributed by atoms with E-state index in [4.69, 9.17) is 17.3 Å². The average molecular weight is 323 g/mol. The first-order chi connectivity index (χ1) is 10.1. The van der Waals surface area contributed by atoms with Crippen LogP contribution in [0.15, 0.2) is 41.3 Å². The van der Waals surface area contributed by atoms with Crippen molar-refractivity contribution in [2.24, 2.45) is 5.73 Å². The molecule has 0 unspecified atom stereocenters. The molecular weight excluding hydrogens is 312 g/mol. The largest absolute Gasteiger partial charge is 0.369 e. The first kappa shape index (κ1) is 15.3. The highest BCUT2D eigenvalue weighted by atomic mass is 35.5. The van der Waals surface area contributed by atoms with Crippen molar-refractivity contribution in [3.05, 3.63) is 47.2 Å². The zero-order valence-electron chi connectivity index (χ0n) is 10.7. The van der Waals surface area contributed by atoms with Gasteiger partial charge in [0.25, 0.3) is 5.91 Å². The highest BCUT2D eigenvalue weighted by Crippen LogP contribution is 2.26. The summed E-state index contributed by atoms with van der Waals surface area (Å²) in [5.74, 6) is -0.704. The van der Waals surface area contributed by atoms with Crippen molar-refractivity contribution in [2.75, 3.05) is 11.1 Å². The minimum Gasteiger partial charge on any atom is -0.369 e. The molecule has 0 aliphatic carbocycles. The fourth-order valence-corrected chi connectivity index (χ4v) is 2.32. The van der Waals surface area contributed by atoms with E-state index in [1.54, 1.807) is 24.3 Å². The Kier molecular flexibility index (Phi) is 5.13. The molecule has 108 valence electrons. The standard InChI is InChI=1S/C13H11ClN4O2S/c14-11-6-5-9(17-18-11)13(20)16-8-3-1-2-4-10(8)21-7-12(15)19/h1-6H,7H2,(H2,15,19)(H,16,20). The first-order valence-corrected chi connectivity index (χ1v) is 7.23. The molecule has 3 N–H and O–H groups in total. The molecule has 0 spiro atoms. The summed E-state index contributed by atoms with van der Waals surface area (Å²) in [5.41, 5.74) is 5.84. The number of amides is 2. The number of thioether (sulfide) groups is 1. The van der Waals surface area contributed by atoms with Gasteiger partial charge in [0.05, 0.1) is 11.4 Å². The molecule has 0 saturated heterocycles. The highest BCUT2D eigenvalue weighted by Gasteiger charge is 2.11. The summed E-state index contributed by atoms with van der Waals surface area (Å²) in [4.78, 5) is 23.6. The quantitative estimate of drug-likeness (QED) is 0.820. The lowest BCUT2D eigenvalue weighted by molar-refractivity contribution is -0.115. The van der Waals surface area contributed by atoms with E-state index < -0.39 is 11.8 Å². The highest BCUT2D eigenvalue weighted by molar-refractivity contribution is 8.00. The summed E-state index contributed by atoms with van der Waals surface area (Å²) in [7, 11) is 0. The normalized spacial score (nSPS) is 10.1. The second-order valence-electron chi connectivity index (χ2n) is 3.95. The number of halogens is 1. The van der Waals surface area contributed by atoms with Gasteiger partial charge in [-0.25, -0.2) is 0 Å². The molecule has 2 aromatic rings. The maximum Gasteiger partial charge on any atom is 0.276 e. The molecule has 8 heteroatoms. The van der Waals surface area contributed by atoms with Gasteiger partial charge in [-0.15, -0.1) is 22.0 Å². The topological polar surface area (TPSA) is 98.0 Å². The van der Waals surface area contributed by atoms with Crippen molar-refractivity contribution in [1.29, 1.82) is 0 Å². The smallest absolute Gasteiger partial charge is 0.276 e. The molecule has 0 aliphatic rings. The molecule has 0 bridgehead atoms. The van der Waals surface area contributed by atoms with E-state index in [0.717, 1.165) is 4.90 Å². The van der Waals surface area contributed by atoms with Gasteiger partial charge >= 0.3 is 0 Å². The van der Waals surface area contributed by atoms with Gasteiger partial charge in [0.15, 0.2) is 10.8 Å². The van der Waals surface area contributed by atoms with Crippen LogP contribution in [-0.2, 0) is 4.79 Å². The number of hydrogen-bond acceptors (Lipinski definition) is 5. The summed E-state index contributed by atoms with van der Waals surface area (Å²) in [6.07, 6.45) is 0. The second kappa shape index (κ2) is 7.05. The first-order valence-electron chi connectivity index (χ1n) is 5.87. The molecule has 1 heterocycles. The van der Waals surface area contributed by atoms with Crippen molar-refractivity contribution in [1.82, 2.24) is 10.2 Å². The van der Waals surface area contributed by atoms with Gasteiger partial charge in [0.2, 0.25) is 5.91 Å². The van der Waals surface area contributed by atoms with E-state index in [0.29, 0.717) is 5.69 Å². The van der Waals surface area contributed by atoms with Gasteiger partial charge < -0.3 is 11.1 Å². The zero-order chi connectivity index (χ0) is 15.2. The van der Waals surface area contributed by atoms with Crippen molar-refractivity contribution in [2.45, 2.75) is 4.90 Å². The van der Waals surface area contributed by atoms with Crippen LogP contribution in [0, 0.1) is 0 Å². The average Bonchev–Trinajstić information content (AvgIpc) is 2.47. The van der Waals surface area contributed by atoms with Crippen molar-refractivity contribution in [3.8, 4) is 0 Å². The number of nitrogens with one attached hydrogen (secondary N) is 1. The maximum absolute atomic E-state index is 12.1. The monoisotopic (exact) mass is 322 g/mol. The lowest BCUT2D eigenvalue weighted by atomic mass is 10.3. The van der Waals surface area contributed by atoms with E-state index in [2.05, 4.69) is 15.5 Å². The molecule has 6 nitrogen and oxygen atoms in total. The Hall–Kier alpha value is -2.12. The van der Waals surface area contributed by atoms with Crippen LogP contribution in [0.3, 0.4) is 0 Å². The fraction of sp³-hybridized carbons (Fsp3) is 0.0769. The van der Waals surface area contributed by atoms with Crippen LogP contribution in [0.25, 0.3) is 0 Å². The second-order valence-corrected chi connectivity index (χ2v) is 5.35. The van der Waals surface area contributed by atoms with Crippen molar-refractivity contribution >= 4 is 40.9 Å². The maximum atomic E-state index is 12.1. The Morgan fingerprint density at radius 2 is 1.95 bits per heavy atom. The Morgan fingerprint density at radius 1 is 1.19 bits per heavy atom. The number of nitrogens with two attached hydrogens (primary N) is 1. The number of benzene rings is 1. The summed E-state index contributed by atoms with van der Waals surface area (Å²) in [6, 6.07) is 10.1. The van der Waals surface area contributed by atoms with Crippen LogP contribution in [0.4, 0.5) is 5.69 Å². The van der Waals surface area contributed by atoms with Gasteiger partial charge in [-0.1, -0.05) is 23.7 Å². The molecule has 2 amide bonds. The van der Waals surface area contributed by atoms with Crippen LogP contribution in [-0.4, -0.2) is 27.8 Å². The van der Waals surface area contributed by atoms with Crippen molar-refractivity contribution < 1.29 is 9.59 Å². The molecule has 0 aliphatic heterocycles. The van der Waals surface area contributed by atoms with E-state index >= 15 is 0 Å². The van der Waals surface area contributed by atoms with Crippen LogP contribution >= 0.6 is 23.4 Å². The Labute approximate surface area is 130 Å². The molecule has 1 aromatic carbocycles. The number of nitrogens with zero attached hydrogens (tertiary/aromatic N) is 2. The summed E-state index contributed by atoms with van der Waals surface area (Å²) >= 11 is 6.87. The summed E-state index contributed by atoms with van der Waals surface area (Å²) in [5, 5.41) is 10.2. The predicted octanol–water partition coefficient (Wildman–Crippen LogP) is 1.96. The van der Waals surface area contributed by atoms with E-state index in [1.807, 2.05) is 0 Å². The SMILES string of the molecule is NC(=O)CSc1ccccc1NC(=O)c1ccc(Cl)nn1. The molecule has 0 atom stereocenters. The lowest BCUT2D eigenvalue weighted by Crippen LogP contribution is -2.16. The number of hydrogen-bond donors (Lipinski definition) is 2. The number of anilines is 1. The van der Waals surface area contributed by atoms with E-state index in [-0.39, 0.29) is 16.6 Å². The Bertz CT molecular complexity index is 663. The molecule has 0 saturated carbocycles. The fourth-order valence-electron chi connectivity index (χ4n) is 1.47. The number of rotatable bonds is 5. The van der Waals surface area contributed by atoms with E-state index in [9.17, 15) is 9.59 Å². The molecule has 0 fully saturated rings. The zero-order valence-corrected chi connectivity index (χ0v) is 12.3. The van der Waals surface area contributed by atoms with Gasteiger partial charge in [0.1, 0.15) is 0 Å². The number of carbonyl (C=O) groups excluding carboxylic acids is 2. The lowest BCUT2D eigenvalue weighted by Gasteiger charge is -2.09. The molecule has 21 heavy (non-hydrogen) atoms. The van der Waals surface area contributed by atoms with Crippen LogP contribution in [0.2, 0.25) is 5.15 Å². The van der Waals surface area contributed by atoms with Crippen LogP contribution < -0.4 is 11.1 Å². The minimum atomic E-state index is -0.426. The molecule has 2 rings (SSSR count). The van der Waals surface area contributed by atoms with Gasteiger partial charge in [-0.3, -0.25) is 9.59 Å². The van der Waals surface area contributed by atoms with Gasteiger partial charge in [-0.2, -0.15) is 0 Å². The number of aromatic nitrogens is 2. The minimum absolute atomic E-state index is 0.133. The van der Waals surface area contributed by atoms with Gasteiger partial charge in [0, 0.05) is 4.90 Å². The molecular formula is C13H11ClN4O2S. The van der Waals surface area contributed by atoms with Crippen LogP contribution in [0.5, 0.6) is 0 Å². The third-order valence-electron chi connectivity index (χ3n) is 2.37. The van der Waals surface area contributed by atoms with Crippen molar-refractivity contribution in [3.63, 3.8) is 0 Å². The summed E-state index contributed by atoms with van der Waals surface area (Å²) in [6.45, 7) is 0. The third kappa shape index (κ3) is 4.44. The van der Waals surface area contributed by atoms with Crippen LogP contribution in [0.1, 0.15) is 10.5 Å². The van der Waals surface area contributed by atoms with E-state index in [1.165, 1.54) is 23.9 Å². The Balaban J connectivity index is 2.13.